The van der Waals surface area contributed by atoms with Gasteiger partial charge in [-0.15, -0.1) is 0 Å². The van der Waals surface area contributed by atoms with Gasteiger partial charge in [0.05, 0.1) is 6.20 Å². The number of aromatic nitrogens is 4. The maximum Gasteiger partial charge on any atom is 0.339 e. The number of hydrogen-bond acceptors (Lipinski definition) is 4. The molecule has 0 unspecified atom stereocenters. The summed E-state index contributed by atoms with van der Waals surface area (Å²) in [5.41, 5.74) is 0.693. The average Bonchev–Trinajstić information content (AvgIpc) is 2.94. The van der Waals surface area contributed by atoms with Crippen LogP contribution in [0.25, 0.3) is 0 Å². The lowest BCUT2D eigenvalue weighted by Crippen LogP contribution is -2.28. The van der Waals surface area contributed by atoms with E-state index in [1.807, 2.05) is 0 Å². The molecule has 0 atom stereocenters. The van der Waals surface area contributed by atoms with E-state index in [-0.39, 0.29) is 11.3 Å². The van der Waals surface area contributed by atoms with Crippen molar-refractivity contribution < 1.29 is 14.7 Å². The summed E-state index contributed by atoms with van der Waals surface area (Å²) in [5, 5.41) is 17.0. The fraction of sp³-hybridized carbons (Fsp3) is 0.333. The molecule has 2 rings (SSSR count). The van der Waals surface area contributed by atoms with E-state index in [0.29, 0.717) is 6.54 Å². The SMILES string of the molecule is CN(Cc1cnn(C)c1)C(=O)c1nn(C)cc1C(=O)O. The minimum atomic E-state index is -1.17. The molecule has 106 valence electrons. The van der Waals surface area contributed by atoms with Crippen LogP contribution in [-0.4, -0.2) is 48.5 Å². The van der Waals surface area contributed by atoms with Gasteiger partial charge in [-0.25, -0.2) is 4.79 Å². The lowest BCUT2D eigenvalue weighted by Gasteiger charge is -2.15. The van der Waals surface area contributed by atoms with Crippen molar-refractivity contribution >= 4 is 11.9 Å². The molecule has 8 heteroatoms. The first-order chi connectivity index (χ1) is 9.38. The Hall–Kier alpha value is -2.64. The van der Waals surface area contributed by atoms with Crippen LogP contribution in [0.15, 0.2) is 18.6 Å². The molecule has 8 nitrogen and oxygen atoms in total. The number of rotatable bonds is 4. The number of nitrogens with zero attached hydrogens (tertiary/aromatic N) is 5. The van der Waals surface area contributed by atoms with E-state index in [1.54, 1.807) is 38.2 Å². The molecule has 0 fully saturated rings. The van der Waals surface area contributed by atoms with E-state index in [2.05, 4.69) is 10.2 Å². The minimum Gasteiger partial charge on any atom is -0.478 e. The number of aromatic carboxylic acids is 1. The van der Waals surface area contributed by atoms with Crippen LogP contribution in [0.1, 0.15) is 26.4 Å². The lowest BCUT2D eigenvalue weighted by molar-refractivity contribution is 0.0679. The number of carbonyl (C=O) groups excluding carboxylic acids is 1. The standard InChI is InChI=1S/C12H15N5O3/c1-15(5-8-4-13-16(2)6-8)11(18)10-9(12(19)20)7-17(3)14-10/h4,6-7H,5H2,1-3H3,(H,19,20). The summed E-state index contributed by atoms with van der Waals surface area (Å²) in [5.74, 6) is -1.61. The fourth-order valence-corrected chi connectivity index (χ4v) is 1.88. The Morgan fingerprint density at radius 1 is 1.30 bits per heavy atom. The third-order valence-corrected chi connectivity index (χ3v) is 2.79. The van der Waals surface area contributed by atoms with Crippen LogP contribution in [0.4, 0.5) is 0 Å². The lowest BCUT2D eigenvalue weighted by atomic mass is 10.2. The third-order valence-electron chi connectivity index (χ3n) is 2.79. The van der Waals surface area contributed by atoms with Gasteiger partial charge >= 0.3 is 5.97 Å². The molecule has 0 aliphatic heterocycles. The van der Waals surface area contributed by atoms with Gasteiger partial charge in [-0.3, -0.25) is 14.2 Å². The Bertz CT molecular complexity index is 658. The van der Waals surface area contributed by atoms with Crippen LogP contribution >= 0.6 is 0 Å². The van der Waals surface area contributed by atoms with Crippen LogP contribution in [0.2, 0.25) is 0 Å². The van der Waals surface area contributed by atoms with Gasteiger partial charge in [-0.2, -0.15) is 10.2 Å². The summed E-state index contributed by atoms with van der Waals surface area (Å²) in [7, 11) is 4.95. The van der Waals surface area contributed by atoms with Crippen LogP contribution in [-0.2, 0) is 20.6 Å². The van der Waals surface area contributed by atoms with Gasteiger partial charge in [0.25, 0.3) is 5.91 Å². The van der Waals surface area contributed by atoms with Gasteiger partial charge in [0.15, 0.2) is 5.69 Å². The van der Waals surface area contributed by atoms with Crippen molar-refractivity contribution in [2.45, 2.75) is 6.54 Å². The molecule has 0 spiro atoms. The van der Waals surface area contributed by atoms with Gasteiger partial charge in [0.1, 0.15) is 5.56 Å². The molecule has 0 saturated carbocycles. The zero-order valence-corrected chi connectivity index (χ0v) is 11.4. The molecular formula is C12H15N5O3. The molecule has 1 amide bonds. The number of carbonyl (C=O) groups is 2. The number of amides is 1. The summed E-state index contributed by atoms with van der Waals surface area (Å²) in [6.45, 7) is 0.336. The first kappa shape index (κ1) is 13.8. The molecular weight excluding hydrogens is 262 g/mol. The molecule has 0 aliphatic carbocycles. The first-order valence-electron chi connectivity index (χ1n) is 5.88. The third kappa shape index (κ3) is 2.68. The molecule has 2 heterocycles. The maximum atomic E-state index is 12.3. The quantitative estimate of drug-likeness (QED) is 0.857. The Kier molecular flexibility index (Phi) is 3.55. The monoisotopic (exact) mass is 277 g/mol. The summed E-state index contributed by atoms with van der Waals surface area (Å²) in [6.07, 6.45) is 4.76. The van der Waals surface area contributed by atoms with E-state index in [9.17, 15) is 9.59 Å². The summed E-state index contributed by atoms with van der Waals surface area (Å²) < 4.78 is 2.95. The van der Waals surface area contributed by atoms with Gasteiger partial charge in [0, 0.05) is 45.6 Å². The van der Waals surface area contributed by atoms with Gasteiger partial charge in [-0.05, 0) is 0 Å². The Labute approximate surface area is 115 Å². The normalized spacial score (nSPS) is 10.6. The number of aryl methyl sites for hydroxylation is 2. The Morgan fingerprint density at radius 3 is 2.55 bits per heavy atom. The van der Waals surface area contributed by atoms with Crippen LogP contribution in [0.3, 0.4) is 0 Å². The number of hydrogen-bond donors (Lipinski definition) is 1. The van der Waals surface area contributed by atoms with E-state index in [4.69, 9.17) is 5.11 Å². The highest BCUT2D eigenvalue weighted by Crippen LogP contribution is 2.11. The summed E-state index contributed by atoms with van der Waals surface area (Å²) >= 11 is 0. The highest BCUT2D eigenvalue weighted by molar-refractivity contribution is 6.03. The molecule has 1 N–H and O–H groups in total. The molecule has 0 saturated heterocycles. The Balaban J connectivity index is 2.20. The van der Waals surface area contributed by atoms with Gasteiger partial charge < -0.3 is 10.0 Å². The second kappa shape index (κ2) is 5.16. The molecule has 0 aromatic carbocycles. The summed E-state index contributed by atoms with van der Waals surface area (Å²) in [6, 6.07) is 0. The molecule has 0 radical (unpaired) electrons. The van der Waals surface area contributed by atoms with Crippen molar-refractivity contribution in [2.24, 2.45) is 14.1 Å². The van der Waals surface area contributed by atoms with Crippen molar-refractivity contribution in [2.75, 3.05) is 7.05 Å². The second-order valence-electron chi connectivity index (χ2n) is 4.55. The van der Waals surface area contributed by atoms with Crippen LogP contribution < -0.4 is 0 Å². The molecule has 2 aromatic rings. The zero-order valence-electron chi connectivity index (χ0n) is 11.4. The van der Waals surface area contributed by atoms with Crippen LogP contribution in [0, 0.1) is 0 Å². The van der Waals surface area contributed by atoms with Gasteiger partial charge in [-0.1, -0.05) is 0 Å². The fourth-order valence-electron chi connectivity index (χ4n) is 1.88. The first-order valence-corrected chi connectivity index (χ1v) is 5.88. The van der Waals surface area contributed by atoms with E-state index >= 15 is 0 Å². The topological polar surface area (TPSA) is 93.3 Å². The van der Waals surface area contributed by atoms with Crippen molar-refractivity contribution in [3.8, 4) is 0 Å². The average molecular weight is 277 g/mol. The van der Waals surface area contributed by atoms with Crippen molar-refractivity contribution in [3.05, 3.63) is 35.4 Å². The highest BCUT2D eigenvalue weighted by Gasteiger charge is 2.23. The molecule has 0 bridgehead atoms. The minimum absolute atomic E-state index is 0.0635. The number of carboxylic acid groups (broad SMARTS) is 1. The smallest absolute Gasteiger partial charge is 0.339 e. The molecule has 2 aromatic heterocycles. The molecule has 0 aliphatic rings. The maximum absolute atomic E-state index is 12.3. The molecule has 20 heavy (non-hydrogen) atoms. The van der Waals surface area contributed by atoms with Crippen LogP contribution in [0.5, 0.6) is 0 Å². The predicted octanol–water partition coefficient (Wildman–Crippen LogP) is 0.124. The van der Waals surface area contributed by atoms with E-state index < -0.39 is 11.9 Å². The highest BCUT2D eigenvalue weighted by atomic mass is 16.4. The second-order valence-corrected chi connectivity index (χ2v) is 4.55. The largest absolute Gasteiger partial charge is 0.478 e. The number of carboxylic acids is 1. The zero-order chi connectivity index (χ0) is 14.9. The summed E-state index contributed by atoms with van der Waals surface area (Å²) in [4.78, 5) is 24.7. The van der Waals surface area contributed by atoms with Crippen molar-refractivity contribution in [1.29, 1.82) is 0 Å². The predicted molar refractivity (Wildman–Crippen MR) is 69.2 cm³/mol. The van der Waals surface area contributed by atoms with Crippen molar-refractivity contribution in [1.82, 2.24) is 24.5 Å². The van der Waals surface area contributed by atoms with Crippen molar-refractivity contribution in [3.63, 3.8) is 0 Å². The Morgan fingerprint density at radius 2 is 2.00 bits per heavy atom. The van der Waals surface area contributed by atoms with Gasteiger partial charge in [0.2, 0.25) is 0 Å². The van der Waals surface area contributed by atoms with E-state index in [0.717, 1.165) is 5.56 Å². The van der Waals surface area contributed by atoms with E-state index in [1.165, 1.54) is 15.8 Å².